The summed E-state index contributed by atoms with van der Waals surface area (Å²) in [5, 5.41) is 21.6. The molecule has 0 aromatic heterocycles. The van der Waals surface area contributed by atoms with Crippen LogP contribution in [-0.4, -0.2) is 101 Å². The molecule has 0 saturated carbocycles. The molecule has 0 aliphatic heterocycles. The molecule has 0 saturated heterocycles. The summed E-state index contributed by atoms with van der Waals surface area (Å²) in [4.78, 5) is 105. The molecule has 0 spiro atoms. The first-order valence-corrected chi connectivity index (χ1v) is 16.7. The van der Waals surface area contributed by atoms with Crippen LogP contribution in [0.3, 0.4) is 0 Å². The summed E-state index contributed by atoms with van der Waals surface area (Å²) in [6.45, 7) is 10.8. The van der Waals surface area contributed by atoms with Crippen molar-refractivity contribution >= 4 is 53.3 Å². The number of carboxylic acids is 1. The highest BCUT2D eigenvalue weighted by atomic mass is 16.4. The van der Waals surface area contributed by atoms with E-state index < -0.39 is 96.4 Å². The standard InChI is InChI=1S/C31H57N11O9/c1-14(2)10-18(39-25(45)17(8-7-9-37-31(35)36)38-29(49)24(34)16(5)6)26(46)40-19(11-15(3)4)27(47)41-20(12-22(32)43)28(48)42-21(30(50)51)13-23(33)44/h14-21,24H,7-13,34H2,1-6H3,(H2,32,43)(H2,33,44)(H,38,49)(H,39,45)(H,40,46)(H,41,47)(H,42,48)(H,50,51)(H4,35,36,37)/t17-,18-,19-,20-,21-,24-/m0/s1. The number of aliphatic carboxylic acids is 1. The first-order valence-electron chi connectivity index (χ1n) is 16.7. The van der Waals surface area contributed by atoms with Crippen molar-refractivity contribution in [3.63, 3.8) is 0 Å². The van der Waals surface area contributed by atoms with Crippen LogP contribution < -0.4 is 55.3 Å². The lowest BCUT2D eigenvalue weighted by Crippen LogP contribution is -2.60. The maximum Gasteiger partial charge on any atom is 0.326 e. The Kier molecular flexibility index (Phi) is 20.4. The van der Waals surface area contributed by atoms with E-state index in [1.165, 1.54) is 0 Å². The van der Waals surface area contributed by atoms with Gasteiger partial charge < -0.3 is 60.4 Å². The first kappa shape index (κ1) is 46.0. The molecule has 6 atom stereocenters. The van der Waals surface area contributed by atoms with Crippen molar-refractivity contribution in [3.8, 4) is 0 Å². The van der Waals surface area contributed by atoms with Crippen LogP contribution in [0.2, 0.25) is 0 Å². The lowest BCUT2D eigenvalue weighted by atomic mass is 9.99. The molecule has 0 unspecified atom stereocenters. The van der Waals surface area contributed by atoms with Crippen LogP contribution in [0.25, 0.3) is 0 Å². The van der Waals surface area contributed by atoms with E-state index in [9.17, 15) is 43.5 Å². The number of carbonyl (C=O) groups excluding carboxylic acids is 7. The molecule has 0 rings (SSSR count). The number of rotatable bonds is 24. The number of carboxylic acid groups (broad SMARTS) is 1. The van der Waals surface area contributed by atoms with Gasteiger partial charge in [0.15, 0.2) is 5.96 Å². The third-order valence-electron chi connectivity index (χ3n) is 7.34. The van der Waals surface area contributed by atoms with E-state index in [1.807, 2.05) is 5.32 Å². The highest BCUT2D eigenvalue weighted by molar-refractivity contribution is 5.98. The van der Waals surface area contributed by atoms with Crippen molar-refractivity contribution in [1.82, 2.24) is 26.6 Å². The molecule has 51 heavy (non-hydrogen) atoms. The summed E-state index contributed by atoms with van der Waals surface area (Å²) < 4.78 is 0. The van der Waals surface area contributed by atoms with Gasteiger partial charge in [-0.05, 0) is 43.4 Å². The van der Waals surface area contributed by atoms with E-state index >= 15 is 0 Å². The largest absolute Gasteiger partial charge is 0.480 e. The van der Waals surface area contributed by atoms with E-state index in [2.05, 4.69) is 26.3 Å². The summed E-state index contributed by atoms with van der Waals surface area (Å²) in [7, 11) is 0. The average molecular weight is 728 g/mol. The fourth-order valence-electron chi connectivity index (χ4n) is 4.65. The third-order valence-corrected chi connectivity index (χ3v) is 7.34. The van der Waals surface area contributed by atoms with Crippen molar-refractivity contribution in [1.29, 1.82) is 0 Å². The van der Waals surface area contributed by atoms with E-state index in [1.54, 1.807) is 41.5 Å². The van der Waals surface area contributed by atoms with Crippen molar-refractivity contribution in [2.45, 2.75) is 116 Å². The quantitative estimate of drug-likeness (QED) is 0.0261. The second-order valence-corrected chi connectivity index (χ2v) is 13.5. The zero-order chi connectivity index (χ0) is 39.6. The molecule has 0 radical (unpaired) electrons. The Morgan fingerprint density at radius 2 is 0.941 bits per heavy atom. The molecule has 7 amide bonds. The highest BCUT2D eigenvalue weighted by Gasteiger charge is 2.34. The van der Waals surface area contributed by atoms with Crippen LogP contribution >= 0.6 is 0 Å². The SMILES string of the molecule is CC(C)C[C@H](NC(=O)[C@H](CC(C)C)NC(=O)[C@H](CCCN=C(N)N)NC(=O)[C@@H](N)C(C)C)C(=O)N[C@@H](CC(N)=O)C(=O)N[C@@H](CC(N)=O)C(=O)O. The lowest BCUT2D eigenvalue weighted by Gasteiger charge is -2.28. The Morgan fingerprint density at radius 3 is 1.33 bits per heavy atom. The third kappa shape index (κ3) is 19.1. The van der Waals surface area contributed by atoms with E-state index in [4.69, 9.17) is 28.7 Å². The van der Waals surface area contributed by atoms with Gasteiger partial charge in [0.25, 0.3) is 0 Å². The van der Waals surface area contributed by atoms with Gasteiger partial charge in [-0.25, -0.2) is 4.79 Å². The van der Waals surface area contributed by atoms with Crippen molar-refractivity contribution < 1.29 is 43.5 Å². The van der Waals surface area contributed by atoms with Gasteiger partial charge in [0.1, 0.15) is 30.2 Å². The van der Waals surface area contributed by atoms with Gasteiger partial charge in [-0.2, -0.15) is 0 Å². The smallest absolute Gasteiger partial charge is 0.326 e. The van der Waals surface area contributed by atoms with Gasteiger partial charge in [0.05, 0.1) is 18.9 Å². The summed E-state index contributed by atoms with van der Waals surface area (Å²) >= 11 is 0. The van der Waals surface area contributed by atoms with Crippen LogP contribution in [0.4, 0.5) is 0 Å². The molecule has 16 N–H and O–H groups in total. The Hall–Kier alpha value is -5.01. The zero-order valence-corrected chi connectivity index (χ0v) is 30.2. The minimum absolute atomic E-state index is 0.0425. The molecular weight excluding hydrogens is 670 g/mol. The fraction of sp³-hybridized carbons (Fsp3) is 0.710. The second kappa shape index (κ2) is 22.7. The van der Waals surface area contributed by atoms with Gasteiger partial charge in [-0.15, -0.1) is 0 Å². The lowest BCUT2D eigenvalue weighted by molar-refractivity contribution is -0.144. The molecule has 0 aliphatic carbocycles. The summed E-state index contributed by atoms with van der Waals surface area (Å²) in [5.74, 6) is -8.43. The first-order chi connectivity index (χ1) is 23.5. The summed E-state index contributed by atoms with van der Waals surface area (Å²) in [5.41, 5.74) is 27.1. The number of hydrogen-bond donors (Lipinski definition) is 11. The van der Waals surface area contributed by atoms with Gasteiger partial charge >= 0.3 is 5.97 Å². The number of primary amides is 2. The Labute approximate surface area is 297 Å². The maximum atomic E-state index is 13.7. The molecule has 0 fully saturated rings. The molecule has 20 heteroatoms. The van der Waals surface area contributed by atoms with Crippen molar-refractivity contribution in [2.75, 3.05) is 6.54 Å². The van der Waals surface area contributed by atoms with Gasteiger partial charge in [0.2, 0.25) is 41.4 Å². The average Bonchev–Trinajstić information content (AvgIpc) is 2.99. The van der Waals surface area contributed by atoms with Gasteiger partial charge in [-0.1, -0.05) is 41.5 Å². The number of nitrogens with two attached hydrogens (primary N) is 5. The number of amides is 7. The fourth-order valence-corrected chi connectivity index (χ4v) is 4.65. The summed E-state index contributed by atoms with van der Waals surface area (Å²) in [6, 6.07) is -7.95. The number of nitrogens with zero attached hydrogens (tertiary/aromatic N) is 1. The maximum absolute atomic E-state index is 13.7. The Bertz CT molecular complexity index is 1270. The Balaban J connectivity index is 6.24. The van der Waals surface area contributed by atoms with E-state index in [0.717, 1.165) is 0 Å². The predicted molar refractivity (Wildman–Crippen MR) is 187 cm³/mol. The molecule has 0 aliphatic rings. The zero-order valence-electron chi connectivity index (χ0n) is 30.2. The van der Waals surface area contributed by atoms with Crippen LogP contribution in [-0.2, 0) is 38.4 Å². The second-order valence-electron chi connectivity index (χ2n) is 13.5. The van der Waals surface area contributed by atoms with Gasteiger partial charge in [0, 0.05) is 6.54 Å². The van der Waals surface area contributed by atoms with E-state index in [0.29, 0.717) is 6.42 Å². The van der Waals surface area contributed by atoms with Crippen LogP contribution in [0.1, 0.15) is 80.1 Å². The highest BCUT2D eigenvalue weighted by Crippen LogP contribution is 2.11. The van der Waals surface area contributed by atoms with Crippen molar-refractivity contribution in [2.24, 2.45) is 51.4 Å². The molecule has 290 valence electrons. The monoisotopic (exact) mass is 727 g/mol. The minimum Gasteiger partial charge on any atom is -0.480 e. The van der Waals surface area contributed by atoms with Crippen LogP contribution in [0.5, 0.6) is 0 Å². The number of aliphatic imine (C=N–C) groups is 1. The minimum atomic E-state index is -1.75. The predicted octanol–water partition coefficient (Wildman–Crippen LogP) is -3.63. The molecule has 20 nitrogen and oxygen atoms in total. The topological polar surface area (TPSA) is 359 Å². The molecule has 0 bridgehead atoms. The number of hydrogen-bond acceptors (Lipinski definition) is 10. The van der Waals surface area contributed by atoms with Crippen LogP contribution in [0.15, 0.2) is 4.99 Å². The Morgan fingerprint density at radius 1 is 0.569 bits per heavy atom. The van der Waals surface area contributed by atoms with E-state index in [-0.39, 0.29) is 49.5 Å². The molecule has 0 aromatic rings. The number of nitrogens with one attached hydrogen (secondary N) is 5. The molecule has 0 heterocycles. The normalized spacial score (nSPS) is 14.6. The molecule has 0 aromatic carbocycles. The number of carbonyl (C=O) groups is 8. The van der Waals surface area contributed by atoms with Crippen LogP contribution in [0, 0.1) is 17.8 Å². The summed E-state index contributed by atoms with van der Waals surface area (Å²) in [6.07, 6.45) is -0.957. The number of guanidine groups is 1. The van der Waals surface area contributed by atoms with Gasteiger partial charge in [-0.3, -0.25) is 38.6 Å². The van der Waals surface area contributed by atoms with Crippen molar-refractivity contribution in [3.05, 3.63) is 0 Å². The molecular formula is C31H57N11O9.